The van der Waals surface area contributed by atoms with Crippen LogP contribution in [0.5, 0.6) is 0 Å². The van der Waals surface area contributed by atoms with Crippen LogP contribution in [0.3, 0.4) is 0 Å². The number of hydrogen-bond donors (Lipinski definition) is 2. The van der Waals surface area contributed by atoms with E-state index in [0.717, 1.165) is 0 Å². The van der Waals surface area contributed by atoms with Crippen molar-refractivity contribution < 1.29 is 8.42 Å². The van der Waals surface area contributed by atoms with E-state index in [1.807, 2.05) is 0 Å². The summed E-state index contributed by atoms with van der Waals surface area (Å²) < 4.78 is 27.7. The lowest BCUT2D eigenvalue weighted by molar-refractivity contribution is 0.601. The molecule has 0 amide bonds. The molecule has 0 saturated heterocycles. The van der Waals surface area contributed by atoms with Crippen molar-refractivity contribution in [2.75, 3.05) is 10.5 Å². The summed E-state index contributed by atoms with van der Waals surface area (Å²) in [5, 5.41) is 0.106. The summed E-state index contributed by atoms with van der Waals surface area (Å²) in [4.78, 5) is 4.06. The minimum atomic E-state index is -3.82. The van der Waals surface area contributed by atoms with Crippen molar-refractivity contribution in [2.45, 2.75) is 11.8 Å². The number of pyridine rings is 1. The van der Waals surface area contributed by atoms with Crippen LogP contribution < -0.4 is 10.5 Å². The molecule has 3 N–H and O–H groups in total. The van der Waals surface area contributed by atoms with Crippen molar-refractivity contribution in [1.29, 1.82) is 0 Å². The monoisotopic (exact) mass is 375 g/mol. The smallest absolute Gasteiger partial charge is 0.263 e. The van der Waals surface area contributed by atoms with Gasteiger partial charge < -0.3 is 5.73 Å². The summed E-state index contributed by atoms with van der Waals surface area (Å²) >= 11 is 9.13. The highest BCUT2D eigenvalue weighted by atomic mass is 79.9. The number of nitrogens with zero attached hydrogens (tertiary/aromatic N) is 1. The number of benzene rings is 1. The van der Waals surface area contributed by atoms with Crippen molar-refractivity contribution in [2.24, 2.45) is 0 Å². The molecule has 1 aromatic heterocycles. The third-order valence-electron chi connectivity index (χ3n) is 2.54. The van der Waals surface area contributed by atoms with Crippen LogP contribution in [0.15, 0.2) is 39.8 Å². The van der Waals surface area contributed by atoms with Crippen molar-refractivity contribution in [3.05, 3.63) is 45.7 Å². The van der Waals surface area contributed by atoms with Gasteiger partial charge in [0.25, 0.3) is 10.0 Å². The van der Waals surface area contributed by atoms with Crippen LogP contribution in [-0.2, 0) is 10.0 Å². The summed E-state index contributed by atoms with van der Waals surface area (Å²) in [7, 11) is -3.82. The summed E-state index contributed by atoms with van der Waals surface area (Å²) in [6.45, 7) is 1.70. The average molecular weight is 377 g/mol. The first-order chi connectivity index (χ1) is 9.29. The molecule has 0 bridgehead atoms. The summed E-state index contributed by atoms with van der Waals surface area (Å²) in [6, 6.07) is 7.55. The van der Waals surface area contributed by atoms with E-state index in [9.17, 15) is 8.42 Å². The SMILES string of the molecule is Cc1nc(Br)ccc1NS(=O)(=O)c1cc(N)ccc1Cl. The van der Waals surface area contributed by atoms with Gasteiger partial charge in [0, 0.05) is 5.69 Å². The van der Waals surface area contributed by atoms with E-state index in [1.54, 1.807) is 19.1 Å². The Morgan fingerprint density at radius 3 is 2.65 bits per heavy atom. The van der Waals surface area contributed by atoms with Crippen LogP contribution in [0.4, 0.5) is 11.4 Å². The fraction of sp³-hybridized carbons (Fsp3) is 0.0833. The Morgan fingerprint density at radius 2 is 2.00 bits per heavy atom. The molecule has 2 rings (SSSR count). The van der Waals surface area contributed by atoms with Gasteiger partial charge >= 0.3 is 0 Å². The van der Waals surface area contributed by atoms with Crippen LogP contribution >= 0.6 is 27.5 Å². The number of nitrogens with one attached hydrogen (secondary N) is 1. The molecule has 0 radical (unpaired) electrons. The number of sulfonamides is 1. The standard InChI is InChI=1S/C12H11BrClN3O2S/c1-7-10(4-5-12(13)16-7)17-20(18,19)11-6-8(15)2-3-9(11)14/h2-6,17H,15H2,1H3. The van der Waals surface area contributed by atoms with Crippen molar-refractivity contribution in [3.8, 4) is 0 Å². The van der Waals surface area contributed by atoms with Crippen LogP contribution in [0.2, 0.25) is 5.02 Å². The number of anilines is 2. The van der Waals surface area contributed by atoms with Gasteiger partial charge in [-0.2, -0.15) is 0 Å². The maximum atomic E-state index is 12.3. The molecule has 106 valence electrons. The molecule has 0 aliphatic heterocycles. The lowest BCUT2D eigenvalue weighted by Gasteiger charge is -2.11. The second kappa shape index (κ2) is 5.59. The number of aromatic nitrogens is 1. The highest BCUT2D eigenvalue weighted by Crippen LogP contribution is 2.27. The lowest BCUT2D eigenvalue weighted by atomic mass is 10.3. The molecule has 2 aromatic rings. The summed E-state index contributed by atoms with van der Waals surface area (Å²) in [5.74, 6) is 0. The van der Waals surface area contributed by atoms with Crippen LogP contribution in [0, 0.1) is 6.92 Å². The molecule has 0 atom stereocenters. The predicted octanol–water partition coefficient (Wildman–Crippen LogP) is 3.19. The third-order valence-corrected chi connectivity index (χ3v) is 4.83. The molecule has 1 heterocycles. The highest BCUT2D eigenvalue weighted by Gasteiger charge is 2.19. The van der Waals surface area contributed by atoms with Crippen LogP contribution in [-0.4, -0.2) is 13.4 Å². The first kappa shape index (κ1) is 15.1. The Labute approximate surface area is 130 Å². The Kier molecular flexibility index (Phi) is 4.22. The van der Waals surface area contributed by atoms with Gasteiger partial charge in [0.2, 0.25) is 0 Å². The van der Waals surface area contributed by atoms with Gasteiger partial charge in [-0.05, 0) is 53.2 Å². The number of aryl methyl sites for hydroxylation is 1. The second-order valence-corrected chi connectivity index (χ2v) is 6.93. The second-order valence-electron chi connectivity index (χ2n) is 4.06. The number of halogens is 2. The van der Waals surface area contributed by atoms with Crippen molar-refractivity contribution >= 4 is 48.9 Å². The Bertz CT molecular complexity index is 765. The zero-order chi connectivity index (χ0) is 14.9. The van der Waals surface area contributed by atoms with Gasteiger partial charge in [0.1, 0.15) is 9.50 Å². The number of rotatable bonds is 3. The van der Waals surface area contributed by atoms with Crippen molar-refractivity contribution in [1.82, 2.24) is 4.98 Å². The van der Waals surface area contributed by atoms with Crippen LogP contribution in [0.1, 0.15) is 5.69 Å². The van der Waals surface area contributed by atoms with E-state index in [0.29, 0.717) is 21.7 Å². The van der Waals surface area contributed by atoms with Crippen molar-refractivity contribution in [3.63, 3.8) is 0 Å². The molecule has 0 spiro atoms. The first-order valence-corrected chi connectivity index (χ1v) is 8.16. The molecule has 0 aliphatic rings. The van der Waals surface area contributed by atoms with Gasteiger partial charge in [0.15, 0.2) is 0 Å². The van der Waals surface area contributed by atoms with E-state index < -0.39 is 10.0 Å². The molecule has 1 aromatic carbocycles. The molecule has 5 nitrogen and oxygen atoms in total. The topological polar surface area (TPSA) is 85.1 Å². The molecular weight excluding hydrogens is 366 g/mol. The molecule has 0 saturated carbocycles. The normalized spacial score (nSPS) is 11.3. The fourth-order valence-electron chi connectivity index (χ4n) is 1.56. The van der Waals surface area contributed by atoms with Crippen LogP contribution in [0.25, 0.3) is 0 Å². The van der Waals surface area contributed by atoms with E-state index in [1.165, 1.54) is 18.2 Å². The van der Waals surface area contributed by atoms with E-state index >= 15 is 0 Å². The molecule has 0 aliphatic carbocycles. The van der Waals surface area contributed by atoms with Gasteiger partial charge in [-0.25, -0.2) is 13.4 Å². The molecule has 20 heavy (non-hydrogen) atoms. The molecule has 8 heteroatoms. The first-order valence-electron chi connectivity index (χ1n) is 5.50. The van der Waals surface area contributed by atoms with E-state index in [4.69, 9.17) is 17.3 Å². The average Bonchev–Trinajstić information content (AvgIpc) is 2.35. The molecule has 0 fully saturated rings. The Balaban J connectivity index is 2.43. The fourth-order valence-corrected chi connectivity index (χ4v) is 3.62. The highest BCUT2D eigenvalue weighted by molar-refractivity contribution is 9.10. The maximum Gasteiger partial charge on any atom is 0.263 e. The van der Waals surface area contributed by atoms with Gasteiger partial charge in [0.05, 0.1) is 16.4 Å². The predicted molar refractivity (Wildman–Crippen MR) is 83.3 cm³/mol. The summed E-state index contributed by atoms with van der Waals surface area (Å²) in [6.07, 6.45) is 0. The van der Waals surface area contributed by atoms with Gasteiger partial charge in [-0.3, -0.25) is 4.72 Å². The minimum absolute atomic E-state index is 0.0681. The third kappa shape index (κ3) is 3.23. The zero-order valence-corrected chi connectivity index (χ0v) is 13.6. The minimum Gasteiger partial charge on any atom is -0.399 e. The number of nitrogens with two attached hydrogens (primary N) is 1. The zero-order valence-electron chi connectivity index (χ0n) is 10.4. The Hall–Kier alpha value is -1.31. The summed E-state index contributed by atoms with van der Waals surface area (Å²) in [5.41, 5.74) is 6.84. The maximum absolute atomic E-state index is 12.3. The van der Waals surface area contributed by atoms with Gasteiger partial charge in [-0.15, -0.1) is 0 Å². The number of hydrogen-bond acceptors (Lipinski definition) is 4. The quantitative estimate of drug-likeness (QED) is 0.636. The largest absolute Gasteiger partial charge is 0.399 e. The number of nitrogen functional groups attached to an aromatic ring is 1. The van der Waals surface area contributed by atoms with E-state index in [-0.39, 0.29) is 9.92 Å². The van der Waals surface area contributed by atoms with E-state index in [2.05, 4.69) is 25.6 Å². The lowest BCUT2D eigenvalue weighted by Crippen LogP contribution is -2.15. The Morgan fingerprint density at radius 1 is 1.30 bits per heavy atom. The molecule has 0 unspecified atom stereocenters. The molecular formula is C12H11BrClN3O2S. The van der Waals surface area contributed by atoms with Gasteiger partial charge in [-0.1, -0.05) is 11.6 Å².